The van der Waals surface area contributed by atoms with E-state index in [0.29, 0.717) is 17.7 Å². The molecule has 204 valence electrons. The molecule has 4 fully saturated rings. The molecule has 3 aliphatic carbocycles. The summed E-state index contributed by atoms with van der Waals surface area (Å²) in [7, 11) is -10.8. The lowest BCUT2D eigenvalue weighted by atomic mass is 9.88. The largest absolute Gasteiger partial charge is 0.437 e. The lowest BCUT2D eigenvalue weighted by Crippen LogP contribution is -2.62. The van der Waals surface area contributed by atoms with E-state index in [2.05, 4.69) is 65.5 Å². The first-order valence-electron chi connectivity index (χ1n) is 14.4. The smallest absolute Gasteiger partial charge is 0.320 e. The minimum Gasteiger partial charge on any atom is -0.437 e. The van der Waals surface area contributed by atoms with E-state index in [-0.39, 0.29) is 0 Å². The van der Waals surface area contributed by atoms with Crippen LogP contribution in [0.15, 0.2) is 0 Å². The van der Waals surface area contributed by atoms with Gasteiger partial charge in [-0.25, -0.2) is 0 Å². The molecule has 0 aromatic carbocycles. The van der Waals surface area contributed by atoms with Gasteiger partial charge in [0, 0.05) is 5.54 Å². The predicted molar refractivity (Wildman–Crippen MR) is 156 cm³/mol. The summed E-state index contributed by atoms with van der Waals surface area (Å²) in [5, 5.41) is 0. The van der Waals surface area contributed by atoms with Gasteiger partial charge in [0.25, 0.3) is 0 Å². The van der Waals surface area contributed by atoms with Gasteiger partial charge < -0.3 is 21.2 Å². The van der Waals surface area contributed by atoms with Crippen molar-refractivity contribution in [2.24, 2.45) is 17.8 Å². The van der Waals surface area contributed by atoms with Gasteiger partial charge >= 0.3 is 25.7 Å². The summed E-state index contributed by atoms with van der Waals surface area (Å²) in [5.74, 6) is 2.42. The minimum atomic E-state index is -2.54. The standard InChI is InChI=1S/C25H54O5Si5/c1-31(2,3)27-33(7,8)29-35(10,25-19-21-11-13-22(25)17-21)30-34(9,28-32(4,5)6)16-15-20-12-14-23-24(18-20)26-23/h20-25H,11-19H2,1-10H3. The van der Waals surface area contributed by atoms with Crippen LogP contribution in [0, 0.1) is 17.8 Å². The summed E-state index contributed by atoms with van der Waals surface area (Å²) in [6.07, 6.45) is 11.6. The number of rotatable bonds is 12. The van der Waals surface area contributed by atoms with Gasteiger partial charge in [0.2, 0.25) is 0 Å². The number of hydrogen-bond donors (Lipinski definition) is 0. The number of epoxide rings is 1. The van der Waals surface area contributed by atoms with Gasteiger partial charge in [-0.2, -0.15) is 0 Å². The minimum absolute atomic E-state index is 0.544. The molecule has 3 saturated carbocycles. The number of hydrogen-bond acceptors (Lipinski definition) is 5. The Morgan fingerprint density at radius 2 is 1.34 bits per heavy atom. The molecule has 0 N–H and O–H groups in total. The zero-order chi connectivity index (χ0) is 25.9. The van der Waals surface area contributed by atoms with Crippen molar-refractivity contribution in [2.45, 2.75) is 141 Å². The molecule has 1 aliphatic heterocycles. The maximum Gasteiger partial charge on any atom is 0.320 e. The van der Waals surface area contributed by atoms with Crippen LogP contribution in [0.5, 0.6) is 0 Å². The van der Waals surface area contributed by atoms with E-state index in [4.69, 9.17) is 21.2 Å². The van der Waals surface area contributed by atoms with E-state index >= 15 is 0 Å². The Labute approximate surface area is 221 Å². The summed E-state index contributed by atoms with van der Waals surface area (Å²) in [5.41, 5.74) is 0.589. The predicted octanol–water partition coefficient (Wildman–Crippen LogP) is 7.72. The highest BCUT2D eigenvalue weighted by atomic mass is 28.5. The van der Waals surface area contributed by atoms with Gasteiger partial charge in [0.05, 0.1) is 12.2 Å². The van der Waals surface area contributed by atoms with Crippen molar-refractivity contribution in [1.29, 1.82) is 0 Å². The summed E-state index contributed by atoms with van der Waals surface area (Å²) in [4.78, 5) is 0. The Morgan fingerprint density at radius 1 is 0.657 bits per heavy atom. The molecule has 10 heteroatoms. The van der Waals surface area contributed by atoms with E-state index in [1.165, 1.54) is 51.4 Å². The lowest BCUT2D eigenvalue weighted by Gasteiger charge is -2.48. The van der Waals surface area contributed by atoms with Crippen LogP contribution >= 0.6 is 0 Å². The molecular weight excluding hydrogens is 521 g/mol. The molecular formula is C25H54O5Si5. The SMILES string of the molecule is C[Si](C)(C)O[Si](C)(C)O[Si](C)(O[Si](C)(CCC1CCC2OC2C1)O[Si](C)(C)C)C1CC2CCC1C2. The van der Waals surface area contributed by atoms with Crippen molar-refractivity contribution >= 4 is 42.3 Å². The first-order chi connectivity index (χ1) is 15.9. The quantitative estimate of drug-likeness (QED) is 0.176. The van der Waals surface area contributed by atoms with E-state index in [1.807, 2.05) is 0 Å². The fraction of sp³-hybridized carbons (Fsp3) is 1.00. The number of fused-ring (bicyclic) bond motifs is 3. The maximum absolute atomic E-state index is 7.52. The average Bonchev–Trinajstić information content (AvgIpc) is 3.08. The number of ether oxygens (including phenoxy) is 1. The van der Waals surface area contributed by atoms with Crippen LogP contribution in [0.2, 0.25) is 77.1 Å². The van der Waals surface area contributed by atoms with Crippen LogP contribution in [0.25, 0.3) is 0 Å². The zero-order valence-electron chi connectivity index (χ0n) is 24.4. The molecule has 0 radical (unpaired) electrons. The third-order valence-corrected chi connectivity index (χ3v) is 27.3. The Balaban J connectivity index is 1.55. The monoisotopic (exact) mass is 574 g/mol. The van der Waals surface area contributed by atoms with Crippen molar-refractivity contribution < 1.29 is 21.2 Å². The van der Waals surface area contributed by atoms with Crippen LogP contribution < -0.4 is 0 Å². The second-order valence-corrected chi connectivity index (χ2v) is 35.0. The summed E-state index contributed by atoms with van der Waals surface area (Å²) >= 11 is 0. The van der Waals surface area contributed by atoms with Gasteiger partial charge in [0.15, 0.2) is 16.6 Å². The first kappa shape index (κ1) is 28.9. The molecule has 35 heavy (non-hydrogen) atoms. The topological polar surface area (TPSA) is 49.5 Å². The molecule has 8 atom stereocenters. The molecule has 2 bridgehead atoms. The molecule has 0 amide bonds. The van der Waals surface area contributed by atoms with E-state index in [1.54, 1.807) is 0 Å². The van der Waals surface area contributed by atoms with E-state index < -0.39 is 42.3 Å². The molecule has 4 rings (SSSR count). The molecule has 4 aliphatic rings. The first-order valence-corrected chi connectivity index (χ1v) is 29.0. The van der Waals surface area contributed by atoms with Crippen molar-refractivity contribution in [2.75, 3.05) is 0 Å². The highest BCUT2D eigenvalue weighted by Gasteiger charge is 2.58. The Bertz CT molecular complexity index is 756. The van der Waals surface area contributed by atoms with Crippen LogP contribution in [0.3, 0.4) is 0 Å². The Kier molecular flexibility index (Phi) is 8.36. The maximum atomic E-state index is 7.52. The van der Waals surface area contributed by atoms with E-state index in [0.717, 1.165) is 23.8 Å². The fourth-order valence-corrected chi connectivity index (χ4v) is 32.6. The molecule has 8 unspecified atom stereocenters. The van der Waals surface area contributed by atoms with Crippen LogP contribution in [0.4, 0.5) is 0 Å². The van der Waals surface area contributed by atoms with Gasteiger partial charge in [-0.1, -0.05) is 12.8 Å². The van der Waals surface area contributed by atoms with Crippen molar-refractivity contribution in [3.63, 3.8) is 0 Å². The van der Waals surface area contributed by atoms with Crippen molar-refractivity contribution in [1.82, 2.24) is 0 Å². The van der Waals surface area contributed by atoms with Crippen LogP contribution in [-0.2, 0) is 21.2 Å². The average molecular weight is 575 g/mol. The zero-order valence-corrected chi connectivity index (χ0v) is 29.4. The lowest BCUT2D eigenvalue weighted by molar-refractivity contribution is 0.256. The van der Waals surface area contributed by atoms with E-state index in [9.17, 15) is 0 Å². The van der Waals surface area contributed by atoms with Gasteiger partial charge in [-0.3, -0.25) is 0 Å². The van der Waals surface area contributed by atoms with Crippen LogP contribution in [0.1, 0.15) is 51.4 Å². The highest BCUT2D eigenvalue weighted by molar-refractivity contribution is 6.91. The van der Waals surface area contributed by atoms with Gasteiger partial charge in [0.1, 0.15) is 0 Å². The fourth-order valence-electron chi connectivity index (χ4n) is 7.72. The molecule has 0 aromatic heterocycles. The van der Waals surface area contributed by atoms with Crippen molar-refractivity contribution in [3.8, 4) is 0 Å². The molecule has 0 spiro atoms. The molecule has 1 saturated heterocycles. The van der Waals surface area contributed by atoms with Crippen LogP contribution in [-0.4, -0.2) is 54.5 Å². The second kappa shape index (κ2) is 10.1. The Morgan fingerprint density at radius 3 is 1.89 bits per heavy atom. The highest BCUT2D eigenvalue weighted by Crippen LogP contribution is 2.57. The second-order valence-electron chi connectivity index (χ2n) is 14.9. The molecule has 5 nitrogen and oxygen atoms in total. The molecule has 0 aromatic rings. The van der Waals surface area contributed by atoms with Gasteiger partial charge in [-0.15, -0.1) is 0 Å². The van der Waals surface area contributed by atoms with Crippen molar-refractivity contribution in [3.05, 3.63) is 0 Å². The third-order valence-electron chi connectivity index (χ3n) is 8.47. The Hall–Kier alpha value is 0.884. The summed E-state index contributed by atoms with van der Waals surface area (Å²) < 4.78 is 34.4. The third kappa shape index (κ3) is 7.95. The molecule has 1 heterocycles. The summed E-state index contributed by atoms with van der Waals surface area (Å²) in [6, 6.07) is 1.09. The normalized spacial score (nSPS) is 36.5. The van der Waals surface area contributed by atoms with Gasteiger partial charge in [-0.05, 0) is 128 Å². The summed E-state index contributed by atoms with van der Waals surface area (Å²) in [6.45, 7) is 23.1.